The third-order valence-electron chi connectivity index (χ3n) is 3.94. The molecular formula is C18H36O3. The Morgan fingerprint density at radius 1 is 0.857 bits per heavy atom. The number of rotatable bonds is 15. The van der Waals surface area contributed by atoms with Gasteiger partial charge in [0.1, 0.15) is 6.10 Å². The summed E-state index contributed by atoms with van der Waals surface area (Å²) in [6.07, 6.45) is 15.0. The number of carbonyl (C=O) groups excluding carboxylic acids is 1. The molecule has 1 unspecified atom stereocenters. The van der Waals surface area contributed by atoms with Crippen LogP contribution in [0.5, 0.6) is 0 Å². The summed E-state index contributed by atoms with van der Waals surface area (Å²) in [4.78, 5) is 11.5. The number of hydrogen-bond donors (Lipinski definition) is 1. The number of aliphatic hydroxyl groups excluding tert-OH is 1. The van der Waals surface area contributed by atoms with Gasteiger partial charge in [0.25, 0.3) is 0 Å². The number of ether oxygens (including phenoxy) is 1. The molecule has 0 amide bonds. The Balaban J connectivity index is 3.23. The fraction of sp³-hybridized carbons (Fsp3) is 0.944. The SMILES string of the molecule is CCCCCCCCCCCCCC(=O)OC(CC)CO. The average molecular weight is 300 g/mol. The second kappa shape index (κ2) is 15.8. The van der Waals surface area contributed by atoms with Crippen molar-refractivity contribution in [3.05, 3.63) is 0 Å². The van der Waals surface area contributed by atoms with Crippen molar-refractivity contribution < 1.29 is 14.6 Å². The van der Waals surface area contributed by atoms with Crippen LogP contribution in [-0.2, 0) is 9.53 Å². The lowest BCUT2D eigenvalue weighted by atomic mass is 10.1. The number of esters is 1. The van der Waals surface area contributed by atoms with Crippen molar-refractivity contribution in [1.82, 2.24) is 0 Å². The molecule has 0 bridgehead atoms. The van der Waals surface area contributed by atoms with Crippen LogP contribution in [0, 0.1) is 0 Å². The van der Waals surface area contributed by atoms with Crippen LogP contribution < -0.4 is 0 Å². The molecule has 0 saturated heterocycles. The molecular weight excluding hydrogens is 264 g/mol. The highest BCUT2D eigenvalue weighted by atomic mass is 16.5. The quantitative estimate of drug-likeness (QED) is 0.342. The van der Waals surface area contributed by atoms with Crippen molar-refractivity contribution in [1.29, 1.82) is 0 Å². The first-order chi connectivity index (χ1) is 10.2. The lowest BCUT2D eigenvalue weighted by Gasteiger charge is -2.12. The molecule has 3 heteroatoms. The van der Waals surface area contributed by atoms with E-state index in [1.54, 1.807) is 0 Å². The van der Waals surface area contributed by atoms with Crippen LogP contribution in [0.4, 0.5) is 0 Å². The zero-order valence-electron chi connectivity index (χ0n) is 14.2. The standard InChI is InChI=1S/C18H36O3/c1-3-5-6-7-8-9-10-11-12-13-14-15-18(20)21-17(4-2)16-19/h17,19H,3-16H2,1-2H3. The van der Waals surface area contributed by atoms with Gasteiger partial charge in [0.15, 0.2) is 0 Å². The molecule has 21 heavy (non-hydrogen) atoms. The minimum atomic E-state index is -0.315. The maximum absolute atomic E-state index is 11.5. The summed E-state index contributed by atoms with van der Waals surface area (Å²) < 4.78 is 5.15. The Labute approximate surface area is 131 Å². The number of unbranched alkanes of at least 4 members (excludes halogenated alkanes) is 10. The van der Waals surface area contributed by atoms with Gasteiger partial charge in [0.05, 0.1) is 6.61 Å². The summed E-state index contributed by atoms with van der Waals surface area (Å²) in [6.45, 7) is 4.10. The van der Waals surface area contributed by atoms with Crippen LogP contribution in [0.25, 0.3) is 0 Å². The van der Waals surface area contributed by atoms with E-state index in [1.807, 2.05) is 6.92 Å². The van der Waals surface area contributed by atoms with E-state index < -0.39 is 0 Å². The van der Waals surface area contributed by atoms with Gasteiger partial charge in [-0.2, -0.15) is 0 Å². The summed E-state index contributed by atoms with van der Waals surface area (Å²) in [5.41, 5.74) is 0. The Hall–Kier alpha value is -0.570. The third-order valence-corrected chi connectivity index (χ3v) is 3.94. The molecule has 0 rings (SSSR count). The molecule has 1 atom stereocenters. The van der Waals surface area contributed by atoms with Gasteiger partial charge in [0, 0.05) is 6.42 Å². The molecule has 0 aromatic heterocycles. The van der Waals surface area contributed by atoms with E-state index in [0.717, 1.165) is 12.8 Å². The van der Waals surface area contributed by atoms with Crippen molar-refractivity contribution in [2.24, 2.45) is 0 Å². The maximum atomic E-state index is 11.5. The minimum Gasteiger partial charge on any atom is -0.460 e. The smallest absolute Gasteiger partial charge is 0.306 e. The first-order valence-electron chi connectivity index (χ1n) is 9.04. The lowest BCUT2D eigenvalue weighted by Crippen LogP contribution is -2.20. The molecule has 0 aliphatic carbocycles. The van der Waals surface area contributed by atoms with Gasteiger partial charge in [-0.1, -0.05) is 78.1 Å². The molecule has 0 radical (unpaired) electrons. The molecule has 0 aromatic rings. The highest BCUT2D eigenvalue weighted by Crippen LogP contribution is 2.12. The van der Waals surface area contributed by atoms with Gasteiger partial charge in [-0.15, -0.1) is 0 Å². The molecule has 0 fully saturated rings. The van der Waals surface area contributed by atoms with Crippen molar-refractivity contribution in [2.45, 2.75) is 103 Å². The molecule has 0 spiro atoms. The van der Waals surface area contributed by atoms with Crippen LogP contribution in [0.2, 0.25) is 0 Å². The molecule has 0 aromatic carbocycles. The molecule has 0 saturated carbocycles. The van der Waals surface area contributed by atoms with Crippen LogP contribution in [0.15, 0.2) is 0 Å². The Bertz CT molecular complexity index is 225. The fourth-order valence-electron chi connectivity index (χ4n) is 2.43. The fourth-order valence-corrected chi connectivity index (χ4v) is 2.43. The monoisotopic (exact) mass is 300 g/mol. The molecule has 0 aliphatic heterocycles. The molecule has 126 valence electrons. The lowest BCUT2D eigenvalue weighted by molar-refractivity contribution is -0.151. The number of carbonyl (C=O) groups is 1. The Morgan fingerprint density at radius 2 is 1.33 bits per heavy atom. The number of hydrogen-bond acceptors (Lipinski definition) is 3. The van der Waals surface area contributed by atoms with Crippen LogP contribution >= 0.6 is 0 Å². The van der Waals surface area contributed by atoms with Gasteiger partial charge in [-0.05, 0) is 12.8 Å². The van der Waals surface area contributed by atoms with E-state index >= 15 is 0 Å². The number of aliphatic hydroxyl groups is 1. The molecule has 3 nitrogen and oxygen atoms in total. The topological polar surface area (TPSA) is 46.5 Å². The molecule has 0 aliphatic rings. The van der Waals surface area contributed by atoms with Crippen LogP contribution in [0.3, 0.4) is 0 Å². The Morgan fingerprint density at radius 3 is 1.76 bits per heavy atom. The average Bonchev–Trinajstić information content (AvgIpc) is 2.50. The highest BCUT2D eigenvalue weighted by Gasteiger charge is 2.10. The first-order valence-corrected chi connectivity index (χ1v) is 9.04. The van der Waals surface area contributed by atoms with Crippen molar-refractivity contribution in [3.63, 3.8) is 0 Å². The van der Waals surface area contributed by atoms with E-state index in [-0.39, 0.29) is 18.7 Å². The van der Waals surface area contributed by atoms with Gasteiger partial charge < -0.3 is 9.84 Å². The van der Waals surface area contributed by atoms with Crippen LogP contribution in [0.1, 0.15) is 97.3 Å². The van der Waals surface area contributed by atoms with E-state index in [0.29, 0.717) is 12.8 Å². The van der Waals surface area contributed by atoms with Gasteiger partial charge in [-0.3, -0.25) is 4.79 Å². The second-order valence-electron chi connectivity index (χ2n) is 5.99. The van der Waals surface area contributed by atoms with E-state index in [2.05, 4.69) is 6.92 Å². The van der Waals surface area contributed by atoms with E-state index in [9.17, 15) is 4.79 Å². The van der Waals surface area contributed by atoms with Gasteiger partial charge >= 0.3 is 5.97 Å². The highest BCUT2D eigenvalue weighted by molar-refractivity contribution is 5.69. The minimum absolute atomic E-state index is 0.0690. The predicted molar refractivity (Wildman–Crippen MR) is 88.3 cm³/mol. The van der Waals surface area contributed by atoms with Crippen LogP contribution in [-0.4, -0.2) is 23.8 Å². The van der Waals surface area contributed by atoms with Crippen molar-refractivity contribution in [2.75, 3.05) is 6.61 Å². The first kappa shape index (κ1) is 20.4. The summed E-state index contributed by atoms with van der Waals surface area (Å²) >= 11 is 0. The zero-order valence-corrected chi connectivity index (χ0v) is 14.2. The largest absolute Gasteiger partial charge is 0.460 e. The summed E-state index contributed by atoms with van der Waals surface area (Å²) in [6, 6.07) is 0. The second-order valence-corrected chi connectivity index (χ2v) is 5.99. The summed E-state index contributed by atoms with van der Waals surface area (Å²) in [7, 11) is 0. The van der Waals surface area contributed by atoms with E-state index in [4.69, 9.17) is 9.84 Å². The van der Waals surface area contributed by atoms with Gasteiger partial charge in [0.2, 0.25) is 0 Å². The predicted octanol–water partition coefficient (Wildman–Crippen LogP) is 5.00. The zero-order chi connectivity index (χ0) is 15.8. The molecule has 0 heterocycles. The maximum Gasteiger partial charge on any atom is 0.306 e. The van der Waals surface area contributed by atoms with Crippen molar-refractivity contribution in [3.8, 4) is 0 Å². The van der Waals surface area contributed by atoms with E-state index in [1.165, 1.54) is 57.8 Å². The Kier molecular flexibility index (Phi) is 15.4. The summed E-state index contributed by atoms with van der Waals surface area (Å²) in [5, 5.41) is 8.96. The normalized spacial score (nSPS) is 12.3. The van der Waals surface area contributed by atoms with Crippen molar-refractivity contribution >= 4 is 5.97 Å². The third kappa shape index (κ3) is 14.1. The summed E-state index contributed by atoms with van der Waals surface area (Å²) in [5.74, 6) is -0.160. The van der Waals surface area contributed by atoms with Gasteiger partial charge in [-0.25, -0.2) is 0 Å². The molecule has 1 N–H and O–H groups in total.